The molecule has 1 atom stereocenters. The second-order valence-corrected chi connectivity index (χ2v) is 6.91. The van der Waals surface area contributed by atoms with Crippen LogP contribution in [0.5, 0.6) is 0 Å². The summed E-state index contributed by atoms with van der Waals surface area (Å²) < 4.78 is 14.9. The van der Waals surface area contributed by atoms with Crippen molar-refractivity contribution in [3.63, 3.8) is 0 Å². The van der Waals surface area contributed by atoms with Crippen LogP contribution in [0.25, 0.3) is 0 Å². The van der Waals surface area contributed by atoms with Gasteiger partial charge in [0.15, 0.2) is 0 Å². The Balaban J connectivity index is 2.23. The van der Waals surface area contributed by atoms with Crippen molar-refractivity contribution < 1.29 is 4.39 Å². The van der Waals surface area contributed by atoms with E-state index in [1.54, 1.807) is 17.4 Å². The quantitative estimate of drug-likeness (QED) is 0.819. The molecule has 102 valence electrons. The molecule has 0 fully saturated rings. The molecule has 0 saturated carbocycles. The molecule has 1 aromatic carbocycles. The smallest absolute Gasteiger partial charge is 0.126 e. The van der Waals surface area contributed by atoms with Crippen LogP contribution in [-0.2, 0) is 6.42 Å². The molecule has 0 aliphatic heterocycles. The molecule has 0 amide bonds. The van der Waals surface area contributed by atoms with Gasteiger partial charge in [0.25, 0.3) is 0 Å². The summed E-state index contributed by atoms with van der Waals surface area (Å²) in [4.78, 5) is 1.24. The summed E-state index contributed by atoms with van der Waals surface area (Å²) in [6.45, 7) is 5.02. The van der Waals surface area contributed by atoms with Crippen molar-refractivity contribution in [2.45, 2.75) is 26.3 Å². The van der Waals surface area contributed by atoms with Crippen LogP contribution in [-0.4, -0.2) is 6.54 Å². The lowest BCUT2D eigenvalue weighted by molar-refractivity contribution is 0.534. The zero-order valence-electron chi connectivity index (χ0n) is 11.0. The molecule has 2 aromatic rings. The average Bonchev–Trinajstić information content (AvgIpc) is 2.72. The lowest BCUT2D eigenvalue weighted by atomic mass is 10.0. The number of nitrogens with one attached hydrogen (secondary N) is 1. The zero-order chi connectivity index (χ0) is 13.8. The molecule has 0 aliphatic carbocycles. The summed E-state index contributed by atoms with van der Waals surface area (Å²) in [6, 6.07) is 9.33. The number of thiophene rings is 1. The summed E-state index contributed by atoms with van der Waals surface area (Å²) in [7, 11) is 0. The lowest BCUT2D eigenvalue weighted by Gasteiger charge is -2.16. The summed E-state index contributed by atoms with van der Waals surface area (Å²) in [5.41, 5.74) is 1.99. The minimum Gasteiger partial charge on any atom is -0.309 e. The van der Waals surface area contributed by atoms with Crippen molar-refractivity contribution in [3.05, 3.63) is 55.9 Å². The van der Waals surface area contributed by atoms with E-state index in [9.17, 15) is 4.39 Å². The maximum absolute atomic E-state index is 13.8. The van der Waals surface area contributed by atoms with Crippen LogP contribution < -0.4 is 5.32 Å². The standard InChI is InChI=1S/C15H17BrFNS/c1-3-18-13(14-8-10(2)15(16)19-14)9-11-6-4-5-7-12(11)17/h4-8,13,18H,3,9H2,1-2H3. The lowest BCUT2D eigenvalue weighted by Crippen LogP contribution is -2.22. The molecular weight excluding hydrogens is 325 g/mol. The second-order valence-electron chi connectivity index (χ2n) is 4.51. The van der Waals surface area contributed by atoms with E-state index in [1.165, 1.54) is 16.5 Å². The van der Waals surface area contributed by atoms with E-state index in [-0.39, 0.29) is 11.9 Å². The maximum Gasteiger partial charge on any atom is 0.126 e. The van der Waals surface area contributed by atoms with Gasteiger partial charge in [-0.1, -0.05) is 25.1 Å². The Bertz CT molecular complexity index is 533. The van der Waals surface area contributed by atoms with Crippen molar-refractivity contribution in [1.82, 2.24) is 5.32 Å². The Morgan fingerprint density at radius 3 is 2.68 bits per heavy atom. The summed E-state index contributed by atoms with van der Waals surface area (Å²) in [5.74, 6) is -0.127. The summed E-state index contributed by atoms with van der Waals surface area (Å²) in [6.07, 6.45) is 0.674. The number of likely N-dealkylation sites (N-methyl/N-ethyl adjacent to an activating group) is 1. The predicted octanol–water partition coefficient (Wildman–Crippen LogP) is 4.85. The van der Waals surface area contributed by atoms with Gasteiger partial charge in [0.05, 0.1) is 3.79 Å². The van der Waals surface area contributed by atoms with Gasteiger partial charge in [0.2, 0.25) is 0 Å². The Labute approximate surface area is 126 Å². The van der Waals surface area contributed by atoms with Crippen LogP contribution in [0.3, 0.4) is 0 Å². The minimum absolute atomic E-state index is 0.127. The molecular formula is C15H17BrFNS. The first-order valence-electron chi connectivity index (χ1n) is 6.34. The monoisotopic (exact) mass is 341 g/mol. The Hall–Kier alpha value is -0.710. The fourth-order valence-electron chi connectivity index (χ4n) is 2.06. The van der Waals surface area contributed by atoms with Crippen LogP contribution in [0.1, 0.15) is 29.0 Å². The molecule has 1 N–H and O–H groups in total. The molecule has 0 bridgehead atoms. The van der Waals surface area contributed by atoms with Crippen LogP contribution >= 0.6 is 27.3 Å². The molecule has 4 heteroatoms. The van der Waals surface area contributed by atoms with Gasteiger partial charge in [-0.15, -0.1) is 11.3 Å². The first kappa shape index (κ1) is 14.7. The molecule has 1 nitrogen and oxygen atoms in total. The van der Waals surface area contributed by atoms with Gasteiger partial charge < -0.3 is 5.32 Å². The number of hydrogen-bond donors (Lipinski definition) is 1. The van der Waals surface area contributed by atoms with Crippen LogP contribution in [0.2, 0.25) is 0 Å². The third-order valence-corrected chi connectivity index (χ3v) is 5.30. The van der Waals surface area contributed by atoms with E-state index in [0.717, 1.165) is 15.9 Å². The molecule has 1 aromatic heterocycles. The topological polar surface area (TPSA) is 12.0 Å². The number of aryl methyl sites for hydroxylation is 1. The highest BCUT2D eigenvalue weighted by Crippen LogP contribution is 2.33. The zero-order valence-corrected chi connectivity index (χ0v) is 13.4. The fourth-order valence-corrected chi connectivity index (χ4v) is 3.71. The third-order valence-electron chi connectivity index (χ3n) is 3.05. The SMILES string of the molecule is CCNC(Cc1ccccc1F)c1cc(C)c(Br)s1. The van der Waals surface area contributed by atoms with Crippen molar-refractivity contribution in [3.8, 4) is 0 Å². The molecule has 0 radical (unpaired) electrons. The highest BCUT2D eigenvalue weighted by molar-refractivity contribution is 9.11. The Morgan fingerprint density at radius 1 is 1.37 bits per heavy atom. The molecule has 0 aliphatic rings. The number of benzene rings is 1. The van der Waals surface area contributed by atoms with Gasteiger partial charge in [-0.25, -0.2) is 4.39 Å². The number of rotatable bonds is 5. The molecule has 19 heavy (non-hydrogen) atoms. The molecule has 0 saturated heterocycles. The van der Waals surface area contributed by atoms with E-state index in [1.807, 2.05) is 12.1 Å². The van der Waals surface area contributed by atoms with Gasteiger partial charge in [0, 0.05) is 10.9 Å². The Kier molecular flexibility index (Phi) is 5.13. The highest BCUT2D eigenvalue weighted by atomic mass is 79.9. The number of halogens is 2. The first-order chi connectivity index (χ1) is 9.11. The predicted molar refractivity (Wildman–Crippen MR) is 83.3 cm³/mol. The van der Waals surface area contributed by atoms with E-state index in [4.69, 9.17) is 0 Å². The molecule has 1 heterocycles. The minimum atomic E-state index is -0.127. The summed E-state index contributed by atoms with van der Waals surface area (Å²) >= 11 is 5.27. The van der Waals surface area contributed by atoms with Crippen LogP contribution in [0.4, 0.5) is 4.39 Å². The van der Waals surface area contributed by atoms with Crippen LogP contribution in [0.15, 0.2) is 34.1 Å². The van der Waals surface area contributed by atoms with Gasteiger partial charge in [-0.05, 0) is 59.1 Å². The van der Waals surface area contributed by atoms with Gasteiger partial charge in [-0.3, -0.25) is 0 Å². The van der Waals surface area contributed by atoms with Gasteiger partial charge in [0.1, 0.15) is 5.82 Å². The second kappa shape index (κ2) is 6.64. The van der Waals surface area contributed by atoms with Gasteiger partial charge in [-0.2, -0.15) is 0 Å². The summed E-state index contributed by atoms with van der Waals surface area (Å²) in [5, 5.41) is 3.44. The van der Waals surface area contributed by atoms with Crippen molar-refractivity contribution in [1.29, 1.82) is 0 Å². The Morgan fingerprint density at radius 2 is 2.11 bits per heavy atom. The average molecular weight is 342 g/mol. The van der Waals surface area contributed by atoms with Crippen molar-refractivity contribution in [2.24, 2.45) is 0 Å². The highest BCUT2D eigenvalue weighted by Gasteiger charge is 2.16. The normalized spacial score (nSPS) is 12.6. The third kappa shape index (κ3) is 3.65. The molecule has 0 spiro atoms. The number of hydrogen-bond acceptors (Lipinski definition) is 2. The van der Waals surface area contributed by atoms with Crippen LogP contribution in [0, 0.1) is 12.7 Å². The van der Waals surface area contributed by atoms with Gasteiger partial charge >= 0.3 is 0 Å². The largest absolute Gasteiger partial charge is 0.309 e. The fraction of sp³-hybridized carbons (Fsp3) is 0.333. The molecule has 1 unspecified atom stereocenters. The van der Waals surface area contributed by atoms with Crippen molar-refractivity contribution in [2.75, 3.05) is 6.54 Å². The van der Waals surface area contributed by atoms with Crippen molar-refractivity contribution >= 4 is 27.3 Å². The van der Waals surface area contributed by atoms with E-state index in [0.29, 0.717) is 6.42 Å². The molecule has 2 rings (SSSR count). The maximum atomic E-state index is 13.8. The van der Waals surface area contributed by atoms with E-state index >= 15 is 0 Å². The first-order valence-corrected chi connectivity index (χ1v) is 7.95. The van der Waals surface area contributed by atoms with E-state index < -0.39 is 0 Å². The van der Waals surface area contributed by atoms with E-state index in [2.05, 4.69) is 41.2 Å².